The van der Waals surface area contributed by atoms with Crippen LogP contribution in [0, 0.1) is 6.92 Å². The number of nitrogens with one attached hydrogen (secondary N) is 1. The molecule has 3 rings (SSSR count). The third-order valence-corrected chi connectivity index (χ3v) is 5.76. The van der Waals surface area contributed by atoms with E-state index < -0.39 is 0 Å². The first-order chi connectivity index (χ1) is 11.9. The number of likely N-dealkylation sites (tertiary alicyclic amines) is 1. The van der Waals surface area contributed by atoms with Crippen molar-refractivity contribution in [2.45, 2.75) is 52.1 Å². The molecule has 0 radical (unpaired) electrons. The Labute approximate surface area is 153 Å². The second-order valence-corrected chi connectivity index (χ2v) is 8.08. The van der Waals surface area contributed by atoms with Gasteiger partial charge in [-0.25, -0.2) is 4.98 Å². The lowest BCUT2D eigenvalue weighted by Gasteiger charge is -2.28. The number of aryl methyl sites for hydroxylation is 1. The molecular formula is C19H26N4OS. The number of carbonyl (C=O) groups excluding carboxylic acids is 1. The minimum absolute atomic E-state index is 0.00497. The largest absolute Gasteiger partial charge is 0.343 e. The number of thiazole rings is 1. The third kappa shape index (κ3) is 4.07. The van der Waals surface area contributed by atoms with E-state index in [1.807, 2.05) is 6.92 Å². The summed E-state index contributed by atoms with van der Waals surface area (Å²) in [6.45, 7) is 10.4. The molecule has 134 valence electrons. The van der Waals surface area contributed by atoms with Gasteiger partial charge in [0.05, 0.1) is 5.69 Å². The van der Waals surface area contributed by atoms with E-state index in [1.165, 1.54) is 0 Å². The lowest BCUT2D eigenvalue weighted by atomic mass is 9.99. The van der Waals surface area contributed by atoms with E-state index in [0.717, 1.165) is 48.1 Å². The van der Waals surface area contributed by atoms with Crippen molar-refractivity contribution in [2.75, 3.05) is 13.1 Å². The molecule has 1 aliphatic rings. The predicted octanol–water partition coefficient (Wildman–Crippen LogP) is 3.21. The van der Waals surface area contributed by atoms with Gasteiger partial charge in [0.1, 0.15) is 10.5 Å². The molecule has 0 aromatic carbocycles. The molecule has 1 atom stereocenters. The van der Waals surface area contributed by atoms with Gasteiger partial charge in [-0.3, -0.25) is 14.7 Å². The van der Waals surface area contributed by atoms with Gasteiger partial charge < -0.3 is 5.32 Å². The maximum absolute atomic E-state index is 11.8. The minimum atomic E-state index is -0.375. The fraction of sp³-hybridized carbons (Fsp3) is 0.526. The molecule has 0 aliphatic carbocycles. The van der Waals surface area contributed by atoms with Crippen LogP contribution in [0.2, 0.25) is 0 Å². The quantitative estimate of drug-likeness (QED) is 0.892. The standard InChI is InChI=1S/C19H26N4OS/c1-13(2)17-7-5-6-16(21-17)10-23-9-8-19(12-23,22-15(4)24)18-20-14(3)11-25-18/h5-7,11,13H,8-10,12H2,1-4H3,(H,22,24). The molecule has 1 amide bonds. The van der Waals surface area contributed by atoms with Crippen molar-refractivity contribution < 1.29 is 4.79 Å². The highest BCUT2D eigenvalue weighted by atomic mass is 32.1. The van der Waals surface area contributed by atoms with Gasteiger partial charge in [0, 0.05) is 43.3 Å². The Kier molecular flexibility index (Phi) is 5.20. The van der Waals surface area contributed by atoms with Crippen molar-refractivity contribution in [1.29, 1.82) is 0 Å². The average Bonchev–Trinajstić information content (AvgIpc) is 3.15. The molecule has 3 heterocycles. The second kappa shape index (κ2) is 7.22. The number of carbonyl (C=O) groups is 1. The topological polar surface area (TPSA) is 58.1 Å². The zero-order valence-electron chi connectivity index (χ0n) is 15.4. The van der Waals surface area contributed by atoms with Crippen molar-refractivity contribution in [3.8, 4) is 0 Å². The summed E-state index contributed by atoms with van der Waals surface area (Å²) in [6, 6.07) is 6.24. The number of pyridine rings is 1. The van der Waals surface area contributed by atoms with Gasteiger partial charge >= 0.3 is 0 Å². The van der Waals surface area contributed by atoms with Crippen molar-refractivity contribution in [1.82, 2.24) is 20.2 Å². The van der Waals surface area contributed by atoms with Gasteiger partial charge in [-0.2, -0.15) is 0 Å². The number of amides is 1. The van der Waals surface area contributed by atoms with Crippen LogP contribution in [0.5, 0.6) is 0 Å². The van der Waals surface area contributed by atoms with Crippen LogP contribution in [0.1, 0.15) is 55.2 Å². The van der Waals surface area contributed by atoms with Crippen molar-refractivity contribution in [3.63, 3.8) is 0 Å². The number of rotatable bonds is 5. The molecule has 6 heteroatoms. The molecule has 2 aromatic rings. The summed E-state index contributed by atoms with van der Waals surface area (Å²) in [5.74, 6) is 0.421. The number of nitrogens with zero attached hydrogens (tertiary/aromatic N) is 3. The Morgan fingerprint density at radius 1 is 1.40 bits per heavy atom. The van der Waals surface area contributed by atoms with E-state index >= 15 is 0 Å². The molecule has 0 saturated carbocycles. The van der Waals surface area contributed by atoms with Crippen LogP contribution in [0.4, 0.5) is 0 Å². The van der Waals surface area contributed by atoms with Gasteiger partial charge in [0.25, 0.3) is 0 Å². The van der Waals surface area contributed by atoms with Crippen LogP contribution in [0.3, 0.4) is 0 Å². The molecule has 0 bridgehead atoms. The Bertz CT molecular complexity index is 757. The zero-order valence-corrected chi connectivity index (χ0v) is 16.2. The first-order valence-corrected chi connectivity index (χ1v) is 9.65. The summed E-state index contributed by atoms with van der Waals surface area (Å²) in [4.78, 5) is 23.6. The van der Waals surface area contributed by atoms with E-state index in [4.69, 9.17) is 4.98 Å². The van der Waals surface area contributed by atoms with Gasteiger partial charge in [-0.15, -0.1) is 11.3 Å². The number of hydrogen-bond donors (Lipinski definition) is 1. The maximum atomic E-state index is 11.8. The summed E-state index contributed by atoms with van der Waals surface area (Å²) in [5.41, 5.74) is 2.84. The van der Waals surface area contributed by atoms with E-state index in [1.54, 1.807) is 18.3 Å². The highest BCUT2D eigenvalue weighted by Crippen LogP contribution is 2.34. The van der Waals surface area contributed by atoms with E-state index in [-0.39, 0.29) is 11.4 Å². The van der Waals surface area contributed by atoms with Crippen LogP contribution in [0.25, 0.3) is 0 Å². The lowest BCUT2D eigenvalue weighted by molar-refractivity contribution is -0.120. The Balaban J connectivity index is 1.78. The smallest absolute Gasteiger partial charge is 0.217 e. The van der Waals surface area contributed by atoms with Crippen molar-refractivity contribution in [2.24, 2.45) is 0 Å². The molecule has 1 saturated heterocycles. The minimum Gasteiger partial charge on any atom is -0.343 e. The summed E-state index contributed by atoms with van der Waals surface area (Å²) in [6.07, 6.45) is 0.878. The van der Waals surface area contributed by atoms with Gasteiger partial charge in [0.15, 0.2) is 0 Å². The first kappa shape index (κ1) is 18.0. The second-order valence-electron chi connectivity index (χ2n) is 7.23. The van der Waals surface area contributed by atoms with E-state index in [0.29, 0.717) is 5.92 Å². The summed E-state index contributed by atoms with van der Waals surface area (Å²) in [5, 5.41) is 6.23. The zero-order chi connectivity index (χ0) is 18.0. The lowest BCUT2D eigenvalue weighted by Crippen LogP contribution is -2.47. The van der Waals surface area contributed by atoms with Crippen LogP contribution in [-0.4, -0.2) is 33.9 Å². The predicted molar refractivity (Wildman–Crippen MR) is 101 cm³/mol. The maximum Gasteiger partial charge on any atom is 0.217 e. The third-order valence-electron chi connectivity index (χ3n) is 4.60. The van der Waals surface area contributed by atoms with Gasteiger partial charge in [0.2, 0.25) is 5.91 Å². The molecule has 0 spiro atoms. The Hall–Kier alpha value is -1.79. The van der Waals surface area contributed by atoms with Crippen molar-refractivity contribution >= 4 is 17.2 Å². The molecule has 2 aromatic heterocycles. The van der Waals surface area contributed by atoms with Crippen molar-refractivity contribution in [3.05, 3.63) is 45.7 Å². The van der Waals surface area contributed by atoms with Crippen LogP contribution in [0.15, 0.2) is 23.6 Å². The molecule has 1 unspecified atom stereocenters. The highest BCUT2D eigenvalue weighted by molar-refractivity contribution is 7.09. The van der Waals surface area contributed by atoms with Crippen LogP contribution in [-0.2, 0) is 16.9 Å². The number of hydrogen-bond acceptors (Lipinski definition) is 5. The summed E-state index contributed by atoms with van der Waals surface area (Å²) in [7, 11) is 0. The van der Waals surface area contributed by atoms with E-state index in [9.17, 15) is 4.79 Å². The molecular weight excluding hydrogens is 332 g/mol. The fourth-order valence-corrected chi connectivity index (χ4v) is 4.38. The van der Waals surface area contributed by atoms with Gasteiger partial charge in [-0.1, -0.05) is 19.9 Å². The SMILES string of the molecule is CC(=O)NC1(c2nc(C)cs2)CCN(Cc2cccc(C(C)C)n2)C1. The fourth-order valence-electron chi connectivity index (χ4n) is 3.40. The van der Waals surface area contributed by atoms with Crippen LogP contribution < -0.4 is 5.32 Å². The van der Waals surface area contributed by atoms with Gasteiger partial charge in [-0.05, 0) is 31.4 Å². The summed E-state index contributed by atoms with van der Waals surface area (Å²) < 4.78 is 0. The Morgan fingerprint density at radius 2 is 2.20 bits per heavy atom. The average molecular weight is 359 g/mol. The molecule has 1 fully saturated rings. The molecule has 5 nitrogen and oxygen atoms in total. The Morgan fingerprint density at radius 3 is 2.84 bits per heavy atom. The summed E-state index contributed by atoms with van der Waals surface area (Å²) >= 11 is 1.63. The first-order valence-electron chi connectivity index (χ1n) is 8.77. The molecule has 1 N–H and O–H groups in total. The van der Waals surface area contributed by atoms with Crippen LogP contribution >= 0.6 is 11.3 Å². The number of aromatic nitrogens is 2. The normalized spacial score (nSPS) is 21.0. The molecule has 25 heavy (non-hydrogen) atoms. The molecule has 1 aliphatic heterocycles. The van der Waals surface area contributed by atoms with E-state index in [2.05, 4.69) is 52.6 Å². The highest BCUT2D eigenvalue weighted by Gasteiger charge is 2.42. The monoisotopic (exact) mass is 358 g/mol.